The predicted octanol–water partition coefficient (Wildman–Crippen LogP) is 1.22. The fraction of sp³-hybridized carbons (Fsp3) is 0.417. The van der Waals surface area contributed by atoms with Gasteiger partial charge in [-0.2, -0.15) is 4.72 Å². The molecule has 0 saturated heterocycles. The topological polar surface area (TPSA) is 92.7 Å². The molecule has 0 radical (unpaired) electrons. The van der Waals surface area contributed by atoms with E-state index in [1.54, 1.807) is 13.8 Å². The summed E-state index contributed by atoms with van der Waals surface area (Å²) in [5.74, 6) is -2.68. The number of halogens is 1. The van der Waals surface area contributed by atoms with Crippen LogP contribution in [0, 0.1) is 11.7 Å². The highest BCUT2D eigenvalue weighted by Gasteiger charge is 2.28. The van der Waals surface area contributed by atoms with Crippen molar-refractivity contribution in [3.63, 3.8) is 0 Å². The van der Waals surface area contributed by atoms with Crippen molar-refractivity contribution in [2.24, 2.45) is 5.92 Å². The van der Waals surface area contributed by atoms with Gasteiger partial charge in [0.2, 0.25) is 10.0 Å². The lowest BCUT2D eigenvalue weighted by Crippen LogP contribution is -2.44. The Morgan fingerprint density at radius 1 is 1.40 bits per heavy atom. The summed E-state index contributed by atoms with van der Waals surface area (Å²) in [6.45, 7) is 3.13. The second-order valence-corrected chi connectivity index (χ2v) is 6.19. The van der Waals surface area contributed by atoms with Gasteiger partial charge in [-0.05, 0) is 24.1 Å². The summed E-state index contributed by atoms with van der Waals surface area (Å²) < 4.78 is 44.3. The largest absolute Gasteiger partial charge is 0.494 e. The van der Waals surface area contributed by atoms with Crippen molar-refractivity contribution in [2.45, 2.75) is 24.8 Å². The highest BCUT2D eigenvalue weighted by atomic mass is 32.2. The fourth-order valence-electron chi connectivity index (χ4n) is 1.52. The quantitative estimate of drug-likeness (QED) is 0.824. The molecule has 0 saturated carbocycles. The van der Waals surface area contributed by atoms with Crippen LogP contribution in [0.1, 0.15) is 13.8 Å². The van der Waals surface area contributed by atoms with Crippen LogP contribution in [0.4, 0.5) is 4.39 Å². The van der Waals surface area contributed by atoms with Crippen molar-refractivity contribution in [1.82, 2.24) is 4.72 Å². The third kappa shape index (κ3) is 3.67. The second-order valence-electron chi connectivity index (χ2n) is 4.48. The van der Waals surface area contributed by atoms with Crippen molar-refractivity contribution in [3.8, 4) is 5.75 Å². The molecular formula is C12H16FNO5S. The molecule has 0 aliphatic carbocycles. The van der Waals surface area contributed by atoms with Gasteiger partial charge in [0.25, 0.3) is 0 Å². The van der Waals surface area contributed by atoms with Crippen LogP contribution < -0.4 is 9.46 Å². The summed E-state index contributed by atoms with van der Waals surface area (Å²) in [7, 11) is -2.87. The van der Waals surface area contributed by atoms with E-state index >= 15 is 0 Å². The minimum atomic E-state index is -4.12. The molecule has 0 heterocycles. The Morgan fingerprint density at radius 2 is 2.00 bits per heavy atom. The van der Waals surface area contributed by atoms with Crippen molar-refractivity contribution in [2.75, 3.05) is 7.11 Å². The normalized spacial score (nSPS) is 13.2. The summed E-state index contributed by atoms with van der Waals surface area (Å²) in [6, 6.07) is 1.80. The SMILES string of the molecule is COc1ccc(S(=O)(=O)N[C@@H](C(=O)O)C(C)C)cc1F. The molecule has 20 heavy (non-hydrogen) atoms. The number of ether oxygens (including phenoxy) is 1. The number of hydrogen-bond donors (Lipinski definition) is 2. The lowest BCUT2D eigenvalue weighted by Gasteiger charge is -2.18. The van der Waals surface area contributed by atoms with E-state index in [4.69, 9.17) is 5.11 Å². The molecule has 1 aromatic carbocycles. The van der Waals surface area contributed by atoms with Gasteiger partial charge in [0.1, 0.15) is 6.04 Å². The molecule has 0 aliphatic rings. The van der Waals surface area contributed by atoms with Gasteiger partial charge in [0.15, 0.2) is 11.6 Å². The Labute approximate surface area is 116 Å². The molecule has 0 bridgehead atoms. The van der Waals surface area contributed by atoms with Crippen LogP contribution in [0.3, 0.4) is 0 Å². The molecule has 1 aromatic rings. The second kappa shape index (κ2) is 6.19. The number of aliphatic carboxylic acids is 1. The summed E-state index contributed by atoms with van der Waals surface area (Å²) >= 11 is 0. The Bertz CT molecular complexity index is 600. The van der Waals surface area contributed by atoms with E-state index in [0.29, 0.717) is 0 Å². The van der Waals surface area contributed by atoms with Crippen molar-refractivity contribution >= 4 is 16.0 Å². The first kappa shape index (κ1) is 16.4. The molecule has 1 rings (SSSR count). The van der Waals surface area contributed by atoms with Crippen molar-refractivity contribution in [1.29, 1.82) is 0 Å². The standard InChI is InChI=1S/C12H16FNO5S/c1-7(2)11(12(15)16)14-20(17,18)8-4-5-10(19-3)9(13)6-8/h4-7,11,14H,1-3H3,(H,15,16)/t11-/m1/s1. The first-order chi connectivity index (χ1) is 9.19. The maximum Gasteiger partial charge on any atom is 0.322 e. The zero-order valence-corrected chi connectivity index (χ0v) is 12.1. The Kier molecular flexibility index (Phi) is 5.07. The summed E-state index contributed by atoms with van der Waals surface area (Å²) in [4.78, 5) is 10.6. The van der Waals surface area contributed by atoms with E-state index in [9.17, 15) is 17.6 Å². The van der Waals surface area contributed by atoms with E-state index in [1.165, 1.54) is 7.11 Å². The molecule has 1 atom stereocenters. The van der Waals surface area contributed by atoms with Gasteiger partial charge in [-0.1, -0.05) is 13.8 Å². The van der Waals surface area contributed by atoms with E-state index in [2.05, 4.69) is 4.74 Å². The minimum absolute atomic E-state index is 0.0948. The number of methoxy groups -OCH3 is 1. The number of carboxylic acid groups (broad SMARTS) is 1. The predicted molar refractivity (Wildman–Crippen MR) is 69.5 cm³/mol. The van der Waals surface area contributed by atoms with Crippen molar-refractivity contribution in [3.05, 3.63) is 24.0 Å². The monoisotopic (exact) mass is 305 g/mol. The highest BCUT2D eigenvalue weighted by molar-refractivity contribution is 7.89. The van der Waals surface area contributed by atoms with Crippen LogP contribution >= 0.6 is 0 Å². The van der Waals surface area contributed by atoms with Crippen LogP contribution in [-0.4, -0.2) is 32.6 Å². The van der Waals surface area contributed by atoms with E-state index in [1.807, 2.05) is 4.72 Å². The highest BCUT2D eigenvalue weighted by Crippen LogP contribution is 2.21. The first-order valence-electron chi connectivity index (χ1n) is 5.77. The molecule has 0 aliphatic heterocycles. The molecule has 112 valence electrons. The van der Waals surface area contributed by atoms with Crippen molar-refractivity contribution < 1.29 is 27.4 Å². The first-order valence-corrected chi connectivity index (χ1v) is 7.26. The fourth-order valence-corrected chi connectivity index (χ4v) is 2.87. The average Bonchev–Trinajstić information content (AvgIpc) is 2.35. The minimum Gasteiger partial charge on any atom is -0.494 e. The van der Waals surface area contributed by atoms with Gasteiger partial charge in [-0.25, -0.2) is 12.8 Å². The Morgan fingerprint density at radius 3 is 2.40 bits per heavy atom. The molecule has 6 nitrogen and oxygen atoms in total. The molecule has 0 aromatic heterocycles. The third-order valence-electron chi connectivity index (χ3n) is 2.65. The molecule has 0 spiro atoms. The maximum absolute atomic E-state index is 13.5. The molecule has 0 unspecified atom stereocenters. The molecule has 8 heteroatoms. The lowest BCUT2D eigenvalue weighted by molar-refractivity contribution is -0.140. The average molecular weight is 305 g/mol. The van der Waals surface area contributed by atoms with Gasteiger partial charge in [0.05, 0.1) is 12.0 Å². The molecule has 0 fully saturated rings. The van der Waals surface area contributed by atoms with Crippen LogP contribution in [0.2, 0.25) is 0 Å². The number of hydrogen-bond acceptors (Lipinski definition) is 4. The Balaban J connectivity index is 3.11. The maximum atomic E-state index is 13.5. The number of rotatable bonds is 6. The molecule has 0 amide bonds. The van der Waals surface area contributed by atoms with Crippen LogP contribution in [0.15, 0.2) is 23.1 Å². The van der Waals surface area contributed by atoms with Gasteiger partial charge >= 0.3 is 5.97 Å². The van der Waals surface area contributed by atoms with Gasteiger partial charge in [-0.15, -0.1) is 0 Å². The van der Waals surface area contributed by atoms with Gasteiger partial charge in [0, 0.05) is 0 Å². The van der Waals surface area contributed by atoms with E-state index in [0.717, 1.165) is 18.2 Å². The Hall–Kier alpha value is -1.67. The zero-order chi connectivity index (χ0) is 15.5. The number of carbonyl (C=O) groups is 1. The molecular weight excluding hydrogens is 289 g/mol. The smallest absolute Gasteiger partial charge is 0.322 e. The zero-order valence-electron chi connectivity index (χ0n) is 11.3. The van der Waals surface area contributed by atoms with Crippen LogP contribution in [0.5, 0.6) is 5.75 Å². The summed E-state index contributed by atoms with van der Waals surface area (Å²) in [6.07, 6.45) is 0. The van der Waals surface area contributed by atoms with Crippen LogP contribution in [-0.2, 0) is 14.8 Å². The van der Waals surface area contributed by atoms with Crippen LogP contribution in [0.25, 0.3) is 0 Å². The summed E-state index contributed by atoms with van der Waals surface area (Å²) in [5.41, 5.74) is 0. The number of sulfonamides is 1. The van der Waals surface area contributed by atoms with E-state index < -0.39 is 33.8 Å². The van der Waals surface area contributed by atoms with Gasteiger partial charge < -0.3 is 9.84 Å². The summed E-state index contributed by atoms with van der Waals surface area (Å²) in [5, 5.41) is 8.97. The molecule has 2 N–H and O–H groups in total. The lowest BCUT2D eigenvalue weighted by atomic mass is 10.1. The third-order valence-corrected chi connectivity index (χ3v) is 4.09. The van der Waals surface area contributed by atoms with E-state index in [-0.39, 0.29) is 10.6 Å². The number of benzene rings is 1. The van der Waals surface area contributed by atoms with Gasteiger partial charge in [-0.3, -0.25) is 4.79 Å². The number of nitrogens with one attached hydrogen (secondary N) is 1. The number of carboxylic acids is 1.